The molecule has 0 spiro atoms. The van der Waals surface area contributed by atoms with Crippen molar-refractivity contribution in [1.29, 1.82) is 0 Å². The predicted molar refractivity (Wildman–Crippen MR) is 174 cm³/mol. The lowest BCUT2D eigenvalue weighted by Gasteiger charge is -2.65. The summed E-state index contributed by atoms with van der Waals surface area (Å²) in [6, 6.07) is -0.495. The van der Waals surface area contributed by atoms with Crippen LogP contribution in [0.4, 0.5) is 0 Å². The molecule has 5 rings (SSSR count). The molecular formula is C36H57NO11. The van der Waals surface area contributed by atoms with Crippen LogP contribution in [0.25, 0.3) is 0 Å². The largest absolute Gasteiger partial charge is 0.394 e. The van der Waals surface area contributed by atoms with Crippen molar-refractivity contribution in [1.82, 2.24) is 0 Å². The zero-order chi connectivity index (χ0) is 36.2. The number of carbonyl (C=O) groups is 2. The summed E-state index contributed by atoms with van der Waals surface area (Å²) in [6.07, 6.45) is -3.99. The lowest BCUT2D eigenvalue weighted by Crippen LogP contribution is -2.66. The smallest absolute Gasteiger partial charge is 0.187 e. The Hall–Kier alpha value is -1.58. The first-order valence-electron chi connectivity index (χ1n) is 17.2. The van der Waals surface area contributed by atoms with E-state index in [2.05, 4.69) is 6.08 Å². The summed E-state index contributed by atoms with van der Waals surface area (Å²) in [6.45, 7) is 13.6. The summed E-state index contributed by atoms with van der Waals surface area (Å²) in [5, 5.41) is 75.3. The second-order valence-corrected chi connectivity index (χ2v) is 17.3. The number of allylic oxidation sites excluding steroid dienone is 1. The Morgan fingerprint density at radius 3 is 2.25 bits per heavy atom. The molecule has 4 fully saturated rings. The number of carbonyl (C=O) groups excluding carboxylic acids is 2. The van der Waals surface area contributed by atoms with E-state index in [0.717, 1.165) is 11.6 Å². The van der Waals surface area contributed by atoms with E-state index in [0.29, 0.717) is 12.8 Å². The molecule has 4 aliphatic carbocycles. The van der Waals surface area contributed by atoms with Gasteiger partial charge in [0.15, 0.2) is 12.1 Å². The van der Waals surface area contributed by atoms with E-state index in [1.807, 2.05) is 34.6 Å². The molecule has 1 saturated heterocycles. The molecule has 272 valence electrons. The monoisotopic (exact) mass is 679 g/mol. The number of aliphatic hydroxyl groups is 7. The second kappa shape index (κ2) is 12.0. The van der Waals surface area contributed by atoms with Crippen molar-refractivity contribution in [3.63, 3.8) is 0 Å². The van der Waals surface area contributed by atoms with Gasteiger partial charge in [-0.15, -0.1) is 0 Å². The minimum absolute atomic E-state index is 0.0132. The molecule has 1 heterocycles. The average molecular weight is 680 g/mol. The topological polar surface area (TPSA) is 220 Å². The fourth-order valence-electron chi connectivity index (χ4n) is 10.6. The standard InChI is InChI=1S/C36H57NO11/c1-31(2,45)12-11-23(40)36(8,46)28-20(47-30-27(44)26(43)25(42)21(16-38)48-30)14-33(5)22-10-9-17-18(13-19(39)29(37)32(17,3)4)35(22,7)24(41)15-34(28,33)6/h9,11-12,18-22,25-30,38-39,42-46H,10,13-16,37H2,1-8H3/b12-11+/t18-,19+,20-,21-,22+,25-,26+,27-,28?,29?,30+,33+,34-,35+,36+/m1/s1. The van der Waals surface area contributed by atoms with Crippen molar-refractivity contribution in [2.24, 2.45) is 45.1 Å². The van der Waals surface area contributed by atoms with Gasteiger partial charge in [-0.2, -0.15) is 0 Å². The van der Waals surface area contributed by atoms with Gasteiger partial charge in [-0.3, -0.25) is 9.59 Å². The van der Waals surface area contributed by atoms with E-state index in [9.17, 15) is 45.3 Å². The van der Waals surface area contributed by atoms with Crippen molar-refractivity contribution >= 4 is 11.6 Å². The molecule has 12 nitrogen and oxygen atoms in total. The summed E-state index contributed by atoms with van der Waals surface area (Å²) in [7, 11) is 0. The third-order valence-corrected chi connectivity index (χ3v) is 13.7. The Labute approximate surface area is 283 Å². The van der Waals surface area contributed by atoms with Gasteiger partial charge < -0.3 is 51.0 Å². The second-order valence-electron chi connectivity index (χ2n) is 17.3. The summed E-state index contributed by atoms with van der Waals surface area (Å²) in [5.74, 6) is -2.38. The van der Waals surface area contributed by atoms with Crippen LogP contribution in [-0.2, 0) is 19.1 Å². The maximum atomic E-state index is 14.8. The van der Waals surface area contributed by atoms with Gasteiger partial charge in [0, 0.05) is 29.2 Å². The Kier molecular flexibility index (Phi) is 9.42. The van der Waals surface area contributed by atoms with Crippen molar-refractivity contribution < 1.29 is 54.8 Å². The quantitative estimate of drug-likeness (QED) is 0.136. The predicted octanol–water partition coefficient (Wildman–Crippen LogP) is 0.511. The first-order valence-corrected chi connectivity index (χ1v) is 17.2. The zero-order valence-corrected chi connectivity index (χ0v) is 29.5. The number of nitrogens with two attached hydrogens (primary N) is 1. The summed E-state index contributed by atoms with van der Waals surface area (Å²) >= 11 is 0. The molecule has 9 N–H and O–H groups in total. The van der Waals surface area contributed by atoms with Gasteiger partial charge in [0.05, 0.1) is 24.4 Å². The Morgan fingerprint density at radius 1 is 1.04 bits per heavy atom. The van der Waals surface area contributed by atoms with Crippen LogP contribution in [0.15, 0.2) is 23.8 Å². The molecule has 3 saturated carbocycles. The average Bonchev–Trinajstić information content (AvgIpc) is 3.21. The highest BCUT2D eigenvalue weighted by atomic mass is 16.7. The van der Waals surface area contributed by atoms with Gasteiger partial charge in [0.25, 0.3) is 0 Å². The SMILES string of the molecule is CC(C)(O)/C=C/C(=O)[C@](C)(O)C1[C@H](O[C@H]2O[C@H](CO)[C@@H](O)[C@H](O)[C@H]2O)C[C@@]2(C)[C@@H]3CC=C4[C@@H](C[C@H](O)C(N)C4(C)C)[C@]3(C)C(=O)C[C@]12C. The number of Topliss-reactive ketones (excluding diaryl/α,β-unsaturated/α-hetero) is 1. The van der Waals surface area contributed by atoms with E-state index >= 15 is 0 Å². The first kappa shape index (κ1) is 37.7. The molecule has 2 unspecified atom stereocenters. The molecule has 0 aromatic rings. The number of hydrogen-bond donors (Lipinski definition) is 8. The van der Waals surface area contributed by atoms with Crippen molar-refractivity contribution in [2.75, 3.05) is 6.61 Å². The van der Waals surface area contributed by atoms with Crippen LogP contribution in [0, 0.1) is 39.4 Å². The van der Waals surface area contributed by atoms with Crippen molar-refractivity contribution in [3.8, 4) is 0 Å². The molecule has 0 amide bonds. The highest BCUT2D eigenvalue weighted by Gasteiger charge is 2.75. The van der Waals surface area contributed by atoms with Crippen LogP contribution in [-0.4, -0.2) is 114 Å². The lowest BCUT2D eigenvalue weighted by atomic mass is 9.38. The van der Waals surface area contributed by atoms with Gasteiger partial charge >= 0.3 is 0 Å². The molecule has 0 bridgehead atoms. The van der Waals surface area contributed by atoms with Gasteiger partial charge in [0.1, 0.15) is 35.8 Å². The highest BCUT2D eigenvalue weighted by molar-refractivity contribution is 5.97. The van der Waals surface area contributed by atoms with Gasteiger partial charge in [-0.1, -0.05) is 52.3 Å². The first-order chi connectivity index (χ1) is 21.9. The summed E-state index contributed by atoms with van der Waals surface area (Å²) in [5.41, 5.74) is 0.822. The highest BCUT2D eigenvalue weighted by Crippen LogP contribution is 2.74. The minimum atomic E-state index is -2.13. The Balaban J connectivity index is 1.63. The molecule has 12 heteroatoms. The molecule has 0 aromatic carbocycles. The van der Waals surface area contributed by atoms with Crippen LogP contribution in [0.2, 0.25) is 0 Å². The number of ketones is 2. The van der Waals surface area contributed by atoms with Gasteiger partial charge in [0.2, 0.25) is 0 Å². The van der Waals surface area contributed by atoms with E-state index in [-0.39, 0.29) is 30.5 Å². The fourth-order valence-corrected chi connectivity index (χ4v) is 10.6. The molecule has 48 heavy (non-hydrogen) atoms. The number of ether oxygens (including phenoxy) is 2. The molecule has 5 aliphatic rings. The third kappa shape index (κ3) is 5.41. The van der Waals surface area contributed by atoms with E-state index < -0.39 is 100 Å². The van der Waals surface area contributed by atoms with Crippen LogP contribution in [0.5, 0.6) is 0 Å². The van der Waals surface area contributed by atoms with Gasteiger partial charge in [-0.25, -0.2) is 0 Å². The lowest BCUT2D eigenvalue weighted by molar-refractivity contribution is -0.317. The fraction of sp³-hybridized carbons (Fsp3) is 0.833. The summed E-state index contributed by atoms with van der Waals surface area (Å²) < 4.78 is 12.2. The maximum Gasteiger partial charge on any atom is 0.187 e. The van der Waals surface area contributed by atoms with Crippen LogP contribution in [0.1, 0.15) is 81.1 Å². The van der Waals surface area contributed by atoms with E-state index in [1.54, 1.807) is 0 Å². The minimum Gasteiger partial charge on any atom is -0.394 e. The van der Waals surface area contributed by atoms with Crippen molar-refractivity contribution in [2.45, 2.75) is 141 Å². The zero-order valence-electron chi connectivity index (χ0n) is 29.5. The molecule has 0 aromatic heterocycles. The number of rotatable bonds is 7. The molecule has 15 atom stereocenters. The van der Waals surface area contributed by atoms with Crippen molar-refractivity contribution in [3.05, 3.63) is 23.8 Å². The molecule has 0 radical (unpaired) electrons. The van der Waals surface area contributed by atoms with Crippen LogP contribution >= 0.6 is 0 Å². The Morgan fingerprint density at radius 2 is 1.67 bits per heavy atom. The van der Waals surface area contributed by atoms with Crippen LogP contribution in [0.3, 0.4) is 0 Å². The van der Waals surface area contributed by atoms with E-state index in [1.165, 1.54) is 26.8 Å². The van der Waals surface area contributed by atoms with Gasteiger partial charge in [-0.05, 0) is 68.8 Å². The van der Waals surface area contributed by atoms with E-state index in [4.69, 9.17) is 15.2 Å². The summed E-state index contributed by atoms with van der Waals surface area (Å²) in [4.78, 5) is 28.6. The number of hydrogen-bond acceptors (Lipinski definition) is 12. The molecular weight excluding hydrogens is 622 g/mol. The van der Waals surface area contributed by atoms with Crippen LogP contribution < -0.4 is 5.73 Å². The Bertz CT molecular complexity index is 1350. The maximum absolute atomic E-state index is 14.8. The normalized spacial score (nSPS) is 48.7. The number of fused-ring (bicyclic) bond motifs is 5. The third-order valence-electron chi connectivity index (χ3n) is 13.7. The number of aliphatic hydroxyl groups excluding tert-OH is 5. The molecule has 1 aliphatic heterocycles.